The molecule has 0 spiro atoms. The van der Waals surface area contributed by atoms with Crippen LogP contribution >= 0.6 is 0 Å². The van der Waals surface area contributed by atoms with Crippen LogP contribution in [0, 0.1) is 5.82 Å². The quantitative estimate of drug-likeness (QED) is 0.840. The van der Waals surface area contributed by atoms with Crippen LogP contribution < -0.4 is 15.8 Å². The molecule has 0 unspecified atom stereocenters. The number of rotatable bonds is 5. The van der Waals surface area contributed by atoms with E-state index in [1.54, 1.807) is 19.2 Å². The second-order valence-corrected chi connectivity index (χ2v) is 4.72. The molecule has 0 radical (unpaired) electrons. The molecule has 0 bridgehead atoms. The zero-order chi connectivity index (χ0) is 13.2. The molecule has 0 aromatic heterocycles. The number of anilines is 1. The van der Waals surface area contributed by atoms with Gasteiger partial charge in [0.2, 0.25) is 0 Å². The van der Waals surface area contributed by atoms with Crippen molar-refractivity contribution in [3.05, 3.63) is 24.0 Å². The first-order chi connectivity index (χ1) is 8.62. The van der Waals surface area contributed by atoms with Gasteiger partial charge in [0.15, 0.2) is 11.6 Å². The summed E-state index contributed by atoms with van der Waals surface area (Å²) in [6, 6.07) is 4.72. The second-order valence-electron chi connectivity index (χ2n) is 4.72. The van der Waals surface area contributed by atoms with E-state index in [0.717, 1.165) is 18.5 Å². The van der Waals surface area contributed by atoms with Gasteiger partial charge >= 0.3 is 0 Å². The smallest absolute Gasteiger partial charge is 0.165 e. The zero-order valence-electron chi connectivity index (χ0n) is 10.7. The molecule has 1 aromatic rings. The summed E-state index contributed by atoms with van der Waals surface area (Å²) in [4.78, 5) is 0. The van der Waals surface area contributed by atoms with E-state index in [0.29, 0.717) is 6.54 Å². The molecule has 3 N–H and O–H groups in total. The Bertz CT molecular complexity index is 419. The van der Waals surface area contributed by atoms with Crippen LogP contribution in [0.25, 0.3) is 0 Å². The highest BCUT2D eigenvalue weighted by Crippen LogP contribution is 2.37. The van der Waals surface area contributed by atoms with Gasteiger partial charge in [0.1, 0.15) is 0 Å². The molecule has 100 valence electrons. The molecule has 0 aliphatic heterocycles. The minimum Gasteiger partial charge on any atom is -0.494 e. The standard InChI is InChI=1S/C13H19FN2O2/c1-17-10-6-13(7-10,8-15)16-9-3-4-11(14)12(5-9)18-2/h3-5,10,16H,6-8,15H2,1-2H3. The first-order valence-electron chi connectivity index (χ1n) is 5.97. The van der Waals surface area contributed by atoms with Gasteiger partial charge in [0.05, 0.1) is 18.8 Å². The molecule has 2 rings (SSSR count). The van der Waals surface area contributed by atoms with Gasteiger partial charge in [-0.25, -0.2) is 4.39 Å². The van der Waals surface area contributed by atoms with Gasteiger partial charge in [0, 0.05) is 25.4 Å². The van der Waals surface area contributed by atoms with E-state index >= 15 is 0 Å². The van der Waals surface area contributed by atoms with Gasteiger partial charge in [-0.1, -0.05) is 0 Å². The average molecular weight is 254 g/mol. The Morgan fingerprint density at radius 3 is 2.72 bits per heavy atom. The van der Waals surface area contributed by atoms with Crippen LogP contribution in [0.1, 0.15) is 12.8 Å². The molecule has 5 heteroatoms. The van der Waals surface area contributed by atoms with Gasteiger partial charge in [-0.15, -0.1) is 0 Å². The molecule has 0 amide bonds. The van der Waals surface area contributed by atoms with E-state index in [-0.39, 0.29) is 23.2 Å². The molecule has 1 fully saturated rings. The highest BCUT2D eigenvalue weighted by Gasteiger charge is 2.43. The van der Waals surface area contributed by atoms with Crippen LogP contribution in [0.4, 0.5) is 10.1 Å². The Kier molecular flexibility index (Phi) is 3.73. The summed E-state index contributed by atoms with van der Waals surface area (Å²) in [5, 5.41) is 3.36. The van der Waals surface area contributed by atoms with E-state index in [1.807, 2.05) is 0 Å². The first kappa shape index (κ1) is 13.1. The molecule has 1 aliphatic carbocycles. The second kappa shape index (κ2) is 5.12. The Morgan fingerprint density at radius 2 is 2.17 bits per heavy atom. The summed E-state index contributed by atoms with van der Waals surface area (Å²) < 4.78 is 23.5. The highest BCUT2D eigenvalue weighted by molar-refractivity contribution is 5.51. The Hall–Kier alpha value is -1.33. The number of hydrogen-bond donors (Lipinski definition) is 2. The zero-order valence-corrected chi connectivity index (χ0v) is 10.7. The van der Waals surface area contributed by atoms with Gasteiger partial charge in [-0.2, -0.15) is 0 Å². The normalized spacial score (nSPS) is 26.6. The molecule has 1 aliphatic rings. The van der Waals surface area contributed by atoms with Crippen molar-refractivity contribution in [1.82, 2.24) is 0 Å². The van der Waals surface area contributed by atoms with Crippen molar-refractivity contribution in [3.8, 4) is 5.75 Å². The third kappa shape index (κ3) is 2.42. The first-order valence-corrected chi connectivity index (χ1v) is 5.97. The summed E-state index contributed by atoms with van der Waals surface area (Å²) in [5.41, 5.74) is 6.47. The fourth-order valence-electron chi connectivity index (χ4n) is 2.34. The van der Waals surface area contributed by atoms with Crippen LogP contribution in [0.3, 0.4) is 0 Å². The van der Waals surface area contributed by atoms with Crippen molar-refractivity contribution in [3.63, 3.8) is 0 Å². The van der Waals surface area contributed by atoms with E-state index in [4.69, 9.17) is 15.2 Å². The molecule has 1 saturated carbocycles. The van der Waals surface area contributed by atoms with Crippen molar-refractivity contribution in [2.75, 3.05) is 26.1 Å². The maximum atomic E-state index is 13.3. The van der Waals surface area contributed by atoms with Gasteiger partial charge < -0.3 is 20.5 Å². The maximum Gasteiger partial charge on any atom is 0.165 e. The van der Waals surface area contributed by atoms with Crippen LogP contribution in [-0.2, 0) is 4.74 Å². The van der Waals surface area contributed by atoms with Crippen LogP contribution in [0.5, 0.6) is 5.75 Å². The SMILES string of the molecule is COc1cc(NC2(CN)CC(OC)C2)ccc1F. The lowest BCUT2D eigenvalue weighted by molar-refractivity contribution is -0.00245. The van der Waals surface area contributed by atoms with Crippen molar-refractivity contribution >= 4 is 5.69 Å². The largest absolute Gasteiger partial charge is 0.494 e. The van der Waals surface area contributed by atoms with E-state index < -0.39 is 0 Å². The lowest BCUT2D eigenvalue weighted by Crippen LogP contribution is -2.58. The maximum absolute atomic E-state index is 13.3. The number of halogens is 1. The number of nitrogens with two attached hydrogens (primary N) is 1. The predicted molar refractivity (Wildman–Crippen MR) is 68.4 cm³/mol. The van der Waals surface area contributed by atoms with E-state index in [2.05, 4.69) is 5.32 Å². The van der Waals surface area contributed by atoms with Crippen LogP contribution in [0.15, 0.2) is 18.2 Å². The molecule has 4 nitrogen and oxygen atoms in total. The van der Waals surface area contributed by atoms with Crippen molar-refractivity contribution in [2.45, 2.75) is 24.5 Å². The lowest BCUT2D eigenvalue weighted by atomic mass is 9.74. The number of hydrogen-bond acceptors (Lipinski definition) is 4. The summed E-state index contributed by atoms with van der Waals surface area (Å²) in [6.45, 7) is 0.520. The third-order valence-corrected chi connectivity index (χ3v) is 3.52. The molecular weight excluding hydrogens is 235 g/mol. The molecule has 0 heterocycles. The van der Waals surface area contributed by atoms with Gasteiger partial charge in [-0.3, -0.25) is 0 Å². The highest BCUT2D eigenvalue weighted by atomic mass is 19.1. The average Bonchev–Trinajstić information content (AvgIpc) is 2.35. The molecule has 1 aromatic carbocycles. The number of nitrogens with one attached hydrogen (secondary N) is 1. The number of benzene rings is 1. The van der Waals surface area contributed by atoms with E-state index in [1.165, 1.54) is 13.2 Å². The Labute approximate surface area is 106 Å². The fourth-order valence-corrected chi connectivity index (χ4v) is 2.34. The Balaban J connectivity index is 2.09. The van der Waals surface area contributed by atoms with Crippen LogP contribution in [-0.4, -0.2) is 32.4 Å². The summed E-state index contributed by atoms with van der Waals surface area (Å²) in [7, 11) is 3.15. The van der Waals surface area contributed by atoms with Crippen molar-refractivity contribution in [2.24, 2.45) is 5.73 Å². The molecule has 0 atom stereocenters. The van der Waals surface area contributed by atoms with Gasteiger partial charge in [-0.05, 0) is 25.0 Å². The topological polar surface area (TPSA) is 56.5 Å². The minimum absolute atomic E-state index is 0.149. The summed E-state index contributed by atoms with van der Waals surface area (Å²) in [5.74, 6) is -0.136. The lowest BCUT2D eigenvalue weighted by Gasteiger charge is -2.47. The van der Waals surface area contributed by atoms with Crippen molar-refractivity contribution < 1.29 is 13.9 Å². The predicted octanol–water partition coefficient (Wildman–Crippen LogP) is 1.75. The Morgan fingerprint density at radius 1 is 1.44 bits per heavy atom. The number of ether oxygens (including phenoxy) is 2. The van der Waals surface area contributed by atoms with E-state index in [9.17, 15) is 4.39 Å². The monoisotopic (exact) mass is 254 g/mol. The number of methoxy groups -OCH3 is 2. The fraction of sp³-hybridized carbons (Fsp3) is 0.538. The van der Waals surface area contributed by atoms with Crippen molar-refractivity contribution in [1.29, 1.82) is 0 Å². The third-order valence-electron chi connectivity index (χ3n) is 3.52. The summed E-state index contributed by atoms with van der Waals surface area (Å²) in [6.07, 6.45) is 1.97. The minimum atomic E-state index is -0.367. The summed E-state index contributed by atoms with van der Waals surface area (Å²) >= 11 is 0. The van der Waals surface area contributed by atoms with Crippen LogP contribution in [0.2, 0.25) is 0 Å². The molecule has 0 saturated heterocycles. The molecular formula is C13H19FN2O2. The van der Waals surface area contributed by atoms with Gasteiger partial charge in [0.25, 0.3) is 0 Å². The molecule has 18 heavy (non-hydrogen) atoms.